The maximum Gasteiger partial charge on any atom is 0.304 e. The van der Waals surface area contributed by atoms with Crippen molar-refractivity contribution in [1.82, 2.24) is 4.37 Å². The van der Waals surface area contributed by atoms with Gasteiger partial charge in [0.15, 0.2) is 0 Å². The third-order valence-electron chi connectivity index (χ3n) is 2.70. The van der Waals surface area contributed by atoms with Crippen molar-refractivity contribution >= 4 is 27.6 Å². The van der Waals surface area contributed by atoms with Gasteiger partial charge < -0.3 is 5.11 Å². The maximum absolute atomic E-state index is 10.9. The summed E-state index contributed by atoms with van der Waals surface area (Å²) in [5.41, 5.74) is 0.702. The molecule has 0 unspecified atom stereocenters. The van der Waals surface area contributed by atoms with E-state index < -0.39 is 5.97 Å². The highest BCUT2D eigenvalue weighted by Crippen LogP contribution is 2.34. The summed E-state index contributed by atoms with van der Waals surface area (Å²) in [4.78, 5) is 10.9. The Labute approximate surface area is 97.9 Å². The Morgan fingerprint density at radius 3 is 2.94 bits per heavy atom. The third-order valence-corrected chi connectivity index (χ3v) is 3.55. The van der Waals surface area contributed by atoms with Crippen LogP contribution in [0.3, 0.4) is 0 Å². The Bertz CT molecular complexity index is 531. The van der Waals surface area contributed by atoms with Crippen LogP contribution in [0.2, 0.25) is 0 Å². The van der Waals surface area contributed by atoms with Gasteiger partial charge in [-0.05, 0) is 17.1 Å². The van der Waals surface area contributed by atoms with Crippen molar-refractivity contribution in [3.05, 3.63) is 30.0 Å². The number of carboxylic acid groups (broad SMARTS) is 1. The van der Waals surface area contributed by atoms with Gasteiger partial charge in [0.2, 0.25) is 0 Å². The van der Waals surface area contributed by atoms with E-state index in [-0.39, 0.29) is 11.8 Å². The number of rotatable bonds is 3. The number of hydrogen-bond donors (Lipinski definition) is 1. The van der Waals surface area contributed by atoms with Crippen LogP contribution in [-0.2, 0) is 10.2 Å². The molecule has 0 aliphatic rings. The zero-order valence-electron chi connectivity index (χ0n) is 9.23. The molecule has 1 N–H and O–H groups in total. The fourth-order valence-electron chi connectivity index (χ4n) is 1.90. The molecule has 0 bridgehead atoms. The molecule has 0 aliphatic carbocycles. The first-order chi connectivity index (χ1) is 7.50. The average molecular weight is 235 g/mol. The molecule has 0 amide bonds. The van der Waals surface area contributed by atoms with Crippen molar-refractivity contribution in [3.63, 3.8) is 0 Å². The second-order valence-electron chi connectivity index (χ2n) is 4.50. The van der Waals surface area contributed by atoms with Crippen LogP contribution in [0, 0.1) is 0 Å². The summed E-state index contributed by atoms with van der Waals surface area (Å²) in [5.74, 6) is -0.772. The van der Waals surface area contributed by atoms with Gasteiger partial charge in [-0.25, -0.2) is 0 Å². The minimum atomic E-state index is -0.772. The largest absolute Gasteiger partial charge is 0.481 e. The minimum Gasteiger partial charge on any atom is -0.481 e. The van der Waals surface area contributed by atoms with Gasteiger partial charge in [0.25, 0.3) is 0 Å². The lowest BCUT2D eigenvalue weighted by Gasteiger charge is -2.23. The summed E-state index contributed by atoms with van der Waals surface area (Å²) in [6, 6.07) is 5.94. The average Bonchev–Trinajstić information content (AvgIpc) is 2.62. The van der Waals surface area contributed by atoms with Crippen molar-refractivity contribution in [2.45, 2.75) is 25.7 Å². The summed E-state index contributed by atoms with van der Waals surface area (Å²) in [6.45, 7) is 3.91. The van der Waals surface area contributed by atoms with E-state index in [1.165, 1.54) is 11.5 Å². The molecule has 0 saturated carbocycles. The molecule has 2 aromatic rings. The zero-order chi connectivity index (χ0) is 11.8. The van der Waals surface area contributed by atoms with Crippen LogP contribution in [0.4, 0.5) is 0 Å². The van der Waals surface area contributed by atoms with Crippen molar-refractivity contribution in [2.24, 2.45) is 0 Å². The van der Waals surface area contributed by atoms with Gasteiger partial charge >= 0.3 is 5.97 Å². The SMILES string of the molecule is CC(C)(CC(=O)O)c1cccc2cnsc12. The summed E-state index contributed by atoms with van der Waals surface area (Å²) in [5, 5.41) is 10.0. The highest BCUT2D eigenvalue weighted by atomic mass is 32.1. The van der Waals surface area contributed by atoms with E-state index in [9.17, 15) is 4.79 Å². The smallest absolute Gasteiger partial charge is 0.304 e. The van der Waals surface area contributed by atoms with Gasteiger partial charge in [-0.2, -0.15) is 4.37 Å². The highest BCUT2D eigenvalue weighted by Gasteiger charge is 2.26. The quantitative estimate of drug-likeness (QED) is 0.889. The predicted molar refractivity (Wildman–Crippen MR) is 64.9 cm³/mol. The van der Waals surface area contributed by atoms with Gasteiger partial charge in [-0.3, -0.25) is 4.79 Å². The molecule has 84 valence electrons. The van der Waals surface area contributed by atoms with E-state index >= 15 is 0 Å². The van der Waals surface area contributed by atoms with Gasteiger partial charge in [0, 0.05) is 17.0 Å². The molecular weight excluding hydrogens is 222 g/mol. The molecule has 2 rings (SSSR count). The first kappa shape index (κ1) is 11.1. The molecule has 0 aliphatic heterocycles. The van der Waals surface area contributed by atoms with Gasteiger partial charge in [0.1, 0.15) is 0 Å². The Balaban J connectivity index is 2.53. The third kappa shape index (κ3) is 1.93. The molecule has 1 aromatic carbocycles. The Morgan fingerprint density at radius 1 is 1.50 bits per heavy atom. The van der Waals surface area contributed by atoms with Crippen LogP contribution in [0.5, 0.6) is 0 Å². The van der Waals surface area contributed by atoms with E-state index in [4.69, 9.17) is 5.11 Å². The molecule has 4 heteroatoms. The number of aromatic nitrogens is 1. The molecule has 0 saturated heterocycles. The topological polar surface area (TPSA) is 50.2 Å². The van der Waals surface area contributed by atoms with Crippen molar-refractivity contribution in [2.75, 3.05) is 0 Å². The molecule has 0 fully saturated rings. The van der Waals surface area contributed by atoms with Crippen molar-refractivity contribution < 1.29 is 9.90 Å². The lowest BCUT2D eigenvalue weighted by molar-refractivity contribution is -0.138. The normalized spacial score (nSPS) is 11.9. The minimum absolute atomic E-state index is 0.129. The predicted octanol–water partition coefficient (Wildman–Crippen LogP) is 3.05. The lowest BCUT2D eigenvalue weighted by Crippen LogP contribution is -2.21. The van der Waals surface area contributed by atoms with Crippen LogP contribution in [0.1, 0.15) is 25.8 Å². The number of carbonyl (C=O) groups is 1. The van der Waals surface area contributed by atoms with Crippen LogP contribution < -0.4 is 0 Å². The van der Waals surface area contributed by atoms with Crippen molar-refractivity contribution in [3.8, 4) is 0 Å². The van der Waals surface area contributed by atoms with Crippen LogP contribution in [-0.4, -0.2) is 15.4 Å². The number of nitrogens with zero attached hydrogens (tertiary/aromatic N) is 1. The van der Waals surface area contributed by atoms with Crippen LogP contribution >= 0.6 is 11.5 Å². The van der Waals surface area contributed by atoms with E-state index in [0.717, 1.165) is 15.6 Å². The molecule has 0 spiro atoms. The number of hydrogen-bond acceptors (Lipinski definition) is 3. The molecule has 0 radical (unpaired) electrons. The first-order valence-corrected chi connectivity index (χ1v) is 5.84. The van der Waals surface area contributed by atoms with E-state index in [0.29, 0.717) is 0 Å². The standard InChI is InChI=1S/C12H13NO2S/c1-12(2,6-10(14)15)9-5-3-4-8-7-13-16-11(8)9/h3-5,7H,6H2,1-2H3,(H,14,15). The fraction of sp³-hybridized carbons (Fsp3) is 0.333. The summed E-state index contributed by atoms with van der Waals surface area (Å²) in [6.07, 6.45) is 1.95. The van der Waals surface area contributed by atoms with E-state index in [1.807, 2.05) is 38.2 Å². The van der Waals surface area contributed by atoms with Crippen LogP contribution in [0.15, 0.2) is 24.4 Å². The van der Waals surface area contributed by atoms with E-state index in [1.54, 1.807) is 0 Å². The van der Waals surface area contributed by atoms with Gasteiger partial charge in [-0.1, -0.05) is 32.0 Å². The summed E-state index contributed by atoms with van der Waals surface area (Å²) >= 11 is 1.42. The number of benzene rings is 1. The molecule has 3 nitrogen and oxygen atoms in total. The molecule has 0 atom stereocenters. The highest BCUT2D eigenvalue weighted by molar-refractivity contribution is 7.13. The summed E-state index contributed by atoms with van der Waals surface area (Å²) < 4.78 is 5.24. The fourth-order valence-corrected chi connectivity index (χ4v) is 2.84. The molecule has 16 heavy (non-hydrogen) atoms. The molecular formula is C12H13NO2S. The zero-order valence-corrected chi connectivity index (χ0v) is 10.0. The van der Waals surface area contributed by atoms with Gasteiger partial charge in [0.05, 0.1) is 11.1 Å². The van der Waals surface area contributed by atoms with E-state index in [2.05, 4.69) is 4.37 Å². The summed E-state index contributed by atoms with van der Waals surface area (Å²) in [7, 11) is 0. The van der Waals surface area contributed by atoms with Crippen molar-refractivity contribution in [1.29, 1.82) is 0 Å². The first-order valence-electron chi connectivity index (χ1n) is 5.06. The number of fused-ring (bicyclic) bond motifs is 1. The Morgan fingerprint density at radius 2 is 2.25 bits per heavy atom. The molecule has 1 heterocycles. The Hall–Kier alpha value is -1.42. The van der Waals surface area contributed by atoms with Crippen LogP contribution in [0.25, 0.3) is 10.1 Å². The number of aliphatic carboxylic acids is 1. The Kier molecular flexibility index (Phi) is 2.68. The lowest BCUT2D eigenvalue weighted by atomic mass is 9.81. The monoisotopic (exact) mass is 235 g/mol. The second-order valence-corrected chi connectivity index (χ2v) is 5.31. The second kappa shape index (κ2) is 3.87. The number of carboxylic acids is 1. The molecule has 1 aromatic heterocycles. The maximum atomic E-state index is 10.9. The van der Waals surface area contributed by atoms with Gasteiger partial charge in [-0.15, -0.1) is 0 Å².